The lowest BCUT2D eigenvalue weighted by atomic mass is 10.1. The van der Waals surface area contributed by atoms with Crippen molar-refractivity contribution in [2.24, 2.45) is 0 Å². The highest BCUT2D eigenvalue weighted by Gasteiger charge is 2.26. The van der Waals surface area contributed by atoms with Gasteiger partial charge >= 0.3 is 0 Å². The molecule has 0 fully saturated rings. The summed E-state index contributed by atoms with van der Waals surface area (Å²) in [6.45, 7) is 0.594. The number of nitrogens with one attached hydrogen (secondary N) is 1. The van der Waals surface area contributed by atoms with Crippen LogP contribution in [-0.2, 0) is 16.4 Å². The zero-order valence-electron chi connectivity index (χ0n) is 14.8. The van der Waals surface area contributed by atoms with Gasteiger partial charge in [-0.25, -0.2) is 8.42 Å². The minimum atomic E-state index is -3.72. The molecule has 1 aliphatic rings. The van der Waals surface area contributed by atoms with Crippen molar-refractivity contribution in [2.75, 3.05) is 16.2 Å². The third-order valence-electron chi connectivity index (χ3n) is 4.64. The Labute approximate surface area is 168 Å². The third kappa shape index (κ3) is 3.48. The molecule has 1 heterocycles. The van der Waals surface area contributed by atoms with Crippen molar-refractivity contribution in [3.63, 3.8) is 0 Å². The average molecular weight is 413 g/mol. The number of anilines is 2. The third-order valence-corrected chi connectivity index (χ3v) is 6.35. The molecule has 0 radical (unpaired) electrons. The van der Waals surface area contributed by atoms with E-state index in [4.69, 9.17) is 11.6 Å². The standard InChI is InChI=1S/C21H17ClN2O3S/c22-19-14-16(23-28(26,27)17-7-2-1-3-8-17)10-11-18(19)21(25)24-13-12-15-6-4-5-9-20(15)24/h1-11,14,23H,12-13H2. The van der Waals surface area contributed by atoms with E-state index >= 15 is 0 Å². The molecule has 0 atom stereocenters. The maximum Gasteiger partial charge on any atom is 0.261 e. The van der Waals surface area contributed by atoms with Gasteiger partial charge in [-0.15, -0.1) is 0 Å². The first-order valence-electron chi connectivity index (χ1n) is 8.73. The van der Waals surface area contributed by atoms with Crippen molar-refractivity contribution < 1.29 is 13.2 Å². The van der Waals surface area contributed by atoms with E-state index in [1.165, 1.54) is 18.2 Å². The maximum atomic E-state index is 13.0. The van der Waals surface area contributed by atoms with Crippen LogP contribution in [0.25, 0.3) is 0 Å². The molecule has 0 spiro atoms. The van der Waals surface area contributed by atoms with Crippen LogP contribution < -0.4 is 9.62 Å². The number of benzene rings is 3. The van der Waals surface area contributed by atoms with E-state index < -0.39 is 10.0 Å². The molecule has 1 N–H and O–H groups in total. The quantitative estimate of drug-likeness (QED) is 0.693. The van der Waals surface area contributed by atoms with Crippen LogP contribution in [0, 0.1) is 0 Å². The summed E-state index contributed by atoms with van der Waals surface area (Å²) in [7, 11) is -3.72. The number of halogens is 1. The van der Waals surface area contributed by atoms with Crippen molar-refractivity contribution in [3.05, 3.63) is 88.9 Å². The van der Waals surface area contributed by atoms with Crippen LogP contribution in [0.3, 0.4) is 0 Å². The van der Waals surface area contributed by atoms with Crippen LogP contribution in [-0.4, -0.2) is 20.9 Å². The van der Waals surface area contributed by atoms with Gasteiger partial charge in [-0.05, 0) is 48.4 Å². The first-order chi connectivity index (χ1) is 13.5. The van der Waals surface area contributed by atoms with Crippen LogP contribution in [0.1, 0.15) is 15.9 Å². The number of fused-ring (bicyclic) bond motifs is 1. The molecule has 1 amide bonds. The van der Waals surface area contributed by atoms with Crippen LogP contribution in [0.2, 0.25) is 5.02 Å². The second-order valence-corrected chi connectivity index (χ2v) is 8.54. The van der Waals surface area contributed by atoms with Crippen molar-refractivity contribution in [3.8, 4) is 0 Å². The largest absolute Gasteiger partial charge is 0.308 e. The lowest BCUT2D eigenvalue weighted by Gasteiger charge is -2.18. The molecular formula is C21H17ClN2O3S. The Kier molecular flexibility index (Phi) is 4.83. The average Bonchev–Trinajstić information content (AvgIpc) is 3.12. The van der Waals surface area contributed by atoms with Gasteiger partial charge in [0.2, 0.25) is 0 Å². The molecule has 4 rings (SSSR count). The first kappa shape index (κ1) is 18.5. The zero-order valence-corrected chi connectivity index (χ0v) is 16.4. The molecule has 7 heteroatoms. The SMILES string of the molecule is O=C(c1ccc(NS(=O)(=O)c2ccccc2)cc1Cl)N1CCc2ccccc21. The molecule has 142 valence electrons. The smallest absolute Gasteiger partial charge is 0.261 e. The Balaban J connectivity index is 1.58. The fraction of sp³-hybridized carbons (Fsp3) is 0.0952. The summed E-state index contributed by atoms with van der Waals surface area (Å²) in [6.07, 6.45) is 0.800. The van der Waals surface area contributed by atoms with E-state index in [2.05, 4.69) is 4.72 Å². The van der Waals surface area contributed by atoms with Gasteiger partial charge in [0, 0.05) is 12.2 Å². The number of para-hydroxylation sites is 1. The Morgan fingerprint density at radius 1 is 0.964 bits per heavy atom. The van der Waals surface area contributed by atoms with Gasteiger partial charge in [-0.2, -0.15) is 0 Å². The Morgan fingerprint density at radius 3 is 2.43 bits per heavy atom. The lowest BCUT2D eigenvalue weighted by Crippen LogP contribution is -2.29. The molecular weight excluding hydrogens is 396 g/mol. The molecule has 3 aromatic rings. The van der Waals surface area contributed by atoms with Gasteiger partial charge < -0.3 is 4.90 Å². The van der Waals surface area contributed by atoms with E-state index in [1.807, 2.05) is 24.3 Å². The predicted octanol–water partition coefficient (Wildman–Crippen LogP) is 4.34. The molecule has 28 heavy (non-hydrogen) atoms. The zero-order chi connectivity index (χ0) is 19.7. The lowest BCUT2D eigenvalue weighted by molar-refractivity contribution is 0.0989. The van der Waals surface area contributed by atoms with Gasteiger partial charge in [-0.1, -0.05) is 48.0 Å². The van der Waals surface area contributed by atoms with Crippen LogP contribution in [0.15, 0.2) is 77.7 Å². The number of carbonyl (C=O) groups excluding carboxylic acids is 1. The summed E-state index contributed by atoms with van der Waals surface area (Å²) in [5.74, 6) is -0.201. The van der Waals surface area contributed by atoms with Gasteiger partial charge in [0.15, 0.2) is 0 Å². The van der Waals surface area contributed by atoms with E-state index in [1.54, 1.807) is 35.2 Å². The molecule has 0 aliphatic carbocycles. The van der Waals surface area contributed by atoms with Crippen LogP contribution in [0.4, 0.5) is 11.4 Å². The minimum absolute atomic E-state index is 0.153. The normalized spacial score (nSPS) is 13.2. The van der Waals surface area contributed by atoms with Crippen molar-refractivity contribution in [1.29, 1.82) is 0 Å². The summed E-state index contributed by atoms with van der Waals surface area (Å²) in [4.78, 5) is 14.8. The summed E-state index contributed by atoms with van der Waals surface area (Å²) in [6, 6.07) is 20.4. The summed E-state index contributed by atoms with van der Waals surface area (Å²) in [5.41, 5.74) is 2.64. The Morgan fingerprint density at radius 2 is 1.68 bits per heavy atom. The van der Waals surface area contributed by atoms with E-state index in [0.29, 0.717) is 17.8 Å². The summed E-state index contributed by atoms with van der Waals surface area (Å²) >= 11 is 6.32. The number of amides is 1. The molecule has 3 aromatic carbocycles. The second kappa shape index (κ2) is 7.30. The highest BCUT2D eigenvalue weighted by molar-refractivity contribution is 7.92. The molecule has 0 aromatic heterocycles. The Bertz CT molecular complexity index is 1150. The minimum Gasteiger partial charge on any atom is -0.308 e. The van der Waals surface area contributed by atoms with Gasteiger partial charge in [0.1, 0.15) is 0 Å². The highest BCUT2D eigenvalue weighted by Crippen LogP contribution is 2.31. The van der Waals surface area contributed by atoms with E-state index in [9.17, 15) is 13.2 Å². The maximum absolute atomic E-state index is 13.0. The monoisotopic (exact) mass is 412 g/mol. The van der Waals surface area contributed by atoms with Crippen LogP contribution in [0.5, 0.6) is 0 Å². The fourth-order valence-electron chi connectivity index (χ4n) is 3.26. The molecule has 0 bridgehead atoms. The summed E-state index contributed by atoms with van der Waals surface area (Å²) < 4.78 is 27.4. The number of rotatable bonds is 4. The molecule has 5 nitrogen and oxygen atoms in total. The van der Waals surface area contributed by atoms with Crippen molar-refractivity contribution in [2.45, 2.75) is 11.3 Å². The van der Waals surface area contributed by atoms with Gasteiger partial charge in [-0.3, -0.25) is 9.52 Å². The fourth-order valence-corrected chi connectivity index (χ4v) is 4.59. The summed E-state index contributed by atoms with van der Waals surface area (Å²) in [5, 5.41) is 0.197. The predicted molar refractivity (Wildman–Crippen MR) is 111 cm³/mol. The van der Waals surface area contributed by atoms with Crippen LogP contribution >= 0.6 is 11.6 Å². The molecule has 1 aliphatic heterocycles. The van der Waals surface area contributed by atoms with E-state index in [0.717, 1.165) is 17.7 Å². The van der Waals surface area contributed by atoms with Crippen molar-refractivity contribution in [1.82, 2.24) is 0 Å². The number of hydrogen-bond acceptors (Lipinski definition) is 3. The molecule has 0 unspecified atom stereocenters. The first-order valence-corrected chi connectivity index (χ1v) is 10.6. The number of carbonyl (C=O) groups is 1. The number of hydrogen-bond donors (Lipinski definition) is 1. The topological polar surface area (TPSA) is 66.5 Å². The number of sulfonamides is 1. The van der Waals surface area contributed by atoms with Crippen molar-refractivity contribution >= 4 is 38.9 Å². The molecule has 0 saturated carbocycles. The molecule has 0 saturated heterocycles. The van der Waals surface area contributed by atoms with Gasteiger partial charge in [0.25, 0.3) is 15.9 Å². The number of nitrogens with zero attached hydrogens (tertiary/aromatic N) is 1. The Hall–Kier alpha value is -2.83. The highest BCUT2D eigenvalue weighted by atomic mass is 35.5. The second-order valence-electron chi connectivity index (χ2n) is 6.45. The van der Waals surface area contributed by atoms with Gasteiger partial charge in [0.05, 0.1) is 21.2 Å². The van der Waals surface area contributed by atoms with E-state index in [-0.39, 0.29) is 15.8 Å².